The maximum atomic E-state index is 12.8. The van der Waals surface area contributed by atoms with E-state index >= 15 is 0 Å². The third-order valence-corrected chi connectivity index (χ3v) is 5.22. The summed E-state index contributed by atoms with van der Waals surface area (Å²) in [7, 11) is 1.64. The fourth-order valence-corrected chi connectivity index (χ4v) is 3.60. The maximum Gasteiger partial charge on any atom is 0.253 e. The Balaban J connectivity index is 1.52. The maximum absolute atomic E-state index is 12.8. The van der Waals surface area contributed by atoms with Crippen LogP contribution in [0.5, 0.6) is 5.75 Å². The van der Waals surface area contributed by atoms with E-state index in [0.717, 1.165) is 55.1 Å². The van der Waals surface area contributed by atoms with Crippen LogP contribution in [0.3, 0.4) is 0 Å². The summed E-state index contributed by atoms with van der Waals surface area (Å²) in [5.41, 5.74) is 1.39. The molecule has 1 aliphatic heterocycles. The molecule has 1 amide bonds. The number of anilines is 2. The van der Waals surface area contributed by atoms with E-state index in [-0.39, 0.29) is 5.91 Å². The highest BCUT2D eigenvalue weighted by Crippen LogP contribution is 2.31. The van der Waals surface area contributed by atoms with Crippen LogP contribution in [0.4, 0.5) is 11.5 Å². The monoisotopic (exact) mass is 406 g/mol. The predicted octanol–water partition coefficient (Wildman–Crippen LogP) is 3.05. The summed E-state index contributed by atoms with van der Waals surface area (Å²) < 4.78 is 10.8. The molecule has 0 spiro atoms. The van der Waals surface area contributed by atoms with Crippen molar-refractivity contribution in [1.82, 2.24) is 15.2 Å². The van der Waals surface area contributed by atoms with Gasteiger partial charge in [-0.1, -0.05) is 36.4 Å². The summed E-state index contributed by atoms with van der Waals surface area (Å²) in [5.74, 6) is 1.30. The van der Waals surface area contributed by atoms with Gasteiger partial charge in [-0.15, -0.1) is 0 Å². The molecule has 0 aliphatic carbocycles. The van der Waals surface area contributed by atoms with E-state index in [4.69, 9.17) is 9.47 Å². The molecule has 0 saturated carbocycles. The van der Waals surface area contributed by atoms with E-state index in [1.807, 2.05) is 48.5 Å². The molecule has 7 nitrogen and oxygen atoms in total. The van der Waals surface area contributed by atoms with E-state index in [2.05, 4.69) is 20.5 Å². The van der Waals surface area contributed by atoms with Crippen LogP contribution in [-0.4, -0.2) is 62.3 Å². The van der Waals surface area contributed by atoms with Crippen molar-refractivity contribution in [3.05, 3.63) is 60.3 Å². The number of benzene rings is 2. The van der Waals surface area contributed by atoms with Crippen LogP contribution in [0.1, 0.15) is 10.4 Å². The molecule has 1 fully saturated rings. The topological polar surface area (TPSA) is 75.7 Å². The Labute approximate surface area is 176 Å². The first-order valence-electron chi connectivity index (χ1n) is 10.1. The van der Waals surface area contributed by atoms with Crippen molar-refractivity contribution < 1.29 is 14.3 Å². The number of ether oxygens (including phenoxy) is 2. The van der Waals surface area contributed by atoms with E-state index < -0.39 is 0 Å². The fourth-order valence-electron chi connectivity index (χ4n) is 3.60. The first-order chi connectivity index (χ1) is 14.8. The molecule has 2 aromatic carbocycles. The van der Waals surface area contributed by atoms with Gasteiger partial charge in [0, 0.05) is 37.8 Å². The molecular weight excluding hydrogens is 380 g/mol. The van der Waals surface area contributed by atoms with E-state index in [9.17, 15) is 4.79 Å². The van der Waals surface area contributed by atoms with Gasteiger partial charge in [0.15, 0.2) is 0 Å². The minimum Gasteiger partial charge on any atom is -0.495 e. The number of fused-ring (bicyclic) bond motifs is 1. The normalized spacial score (nSPS) is 14.4. The standard InChI is InChI=1S/C23H26N4O3/c1-29-21-9-5-4-8-20(21)26-22-18-7-3-2-6-17(18)19(16-25-22)23(28)24-10-11-27-12-14-30-15-13-27/h2-9,16H,10-15H2,1H3,(H,24,28)(H,25,26). The number of rotatable bonds is 7. The molecule has 4 rings (SSSR count). The first-order valence-corrected chi connectivity index (χ1v) is 10.1. The van der Waals surface area contributed by atoms with Gasteiger partial charge in [-0.25, -0.2) is 4.98 Å². The number of amides is 1. The van der Waals surface area contributed by atoms with Crippen molar-refractivity contribution in [2.75, 3.05) is 51.8 Å². The summed E-state index contributed by atoms with van der Waals surface area (Å²) in [6.07, 6.45) is 1.63. The Hall–Kier alpha value is -3.16. The van der Waals surface area contributed by atoms with Crippen LogP contribution in [-0.2, 0) is 4.74 Å². The molecule has 156 valence electrons. The second-order valence-corrected chi connectivity index (χ2v) is 7.10. The Bertz CT molecular complexity index is 1020. The van der Waals surface area contributed by atoms with Gasteiger partial charge in [-0.05, 0) is 17.5 Å². The largest absolute Gasteiger partial charge is 0.495 e. The average Bonchev–Trinajstić information content (AvgIpc) is 2.80. The molecule has 7 heteroatoms. The molecule has 0 unspecified atom stereocenters. The van der Waals surface area contributed by atoms with E-state index in [1.54, 1.807) is 13.3 Å². The number of hydrogen-bond donors (Lipinski definition) is 2. The molecule has 0 atom stereocenters. The Kier molecular flexibility index (Phi) is 6.41. The smallest absolute Gasteiger partial charge is 0.253 e. The quantitative estimate of drug-likeness (QED) is 0.628. The van der Waals surface area contributed by atoms with Crippen molar-refractivity contribution in [3.8, 4) is 5.75 Å². The third kappa shape index (κ3) is 4.53. The number of carbonyl (C=O) groups is 1. The molecular formula is C23H26N4O3. The highest BCUT2D eigenvalue weighted by Gasteiger charge is 2.15. The Morgan fingerprint density at radius 1 is 1.10 bits per heavy atom. The third-order valence-electron chi connectivity index (χ3n) is 5.22. The van der Waals surface area contributed by atoms with Crippen LogP contribution in [0.15, 0.2) is 54.7 Å². The van der Waals surface area contributed by atoms with Crippen molar-refractivity contribution in [2.45, 2.75) is 0 Å². The minimum atomic E-state index is -0.115. The summed E-state index contributed by atoms with van der Waals surface area (Å²) in [6.45, 7) is 4.72. The SMILES string of the molecule is COc1ccccc1Nc1ncc(C(=O)NCCN2CCOCC2)c2ccccc12. The van der Waals surface area contributed by atoms with Crippen molar-refractivity contribution in [1.29, 1.82) is 0 Å². The van der Waals surface area contributed by atoms with Gasteiger partial charge in [0.05, 0.1) is 31.6 Å². The zero-order valence-electron chi connectivity index (χ0n) is 17.1. The number of hydrogen-bond acceptors (Lipinski definition) is 6. The highest BCUT2D eigenvalue weighted by atomic mass is 16.5. The fraction of sp³-hybridized carbons (Fsp3) is 0.304. The Morgan fingerprint density at radius 3 is 2.63 bits per heavy atom. The summed E-state index contributed by atoms with van der Waals surface area (Å²) in [5, 5.41) is 8.09. The summed E-state index contributed by atoms with van der Waals surface area (Å²) >= 11 is 0. The second kappa shape index (κ2) is 9.56. The second-order valence-electron chi connectivity index (χ2n) is 7.10. The molecule has 1 aliphatic rings. The number of carbonyl (C=O) groups excluding carboxylic acids is 1. The summed E-state index contributed by atoms with van der Waals surface area (Å²) in [6, 6.07) is 15.5. The number of aromatic nitrogens is 1. The lowest BCUT2D eigenvalue weighted by molar-refractivity contribution is 0.0383. The molecule has 1 saturated heterocycles. The van der Waals surface area contributed by atoms with Crippen molar-refractivity contribution in [2.24, 2.45) is 0 Å². The van der Waals surface area contributed by atoms with Gasteiger partial charge < -0.3 is 20.1 Å². The number of para-hydroxylation sites is 2. The van der Waals surface area contributed by atoms with Crippen molar-refractivity contribution >= 4 is 28.2 Å². The van der Waals surface area contributed by atoms with Gasteiger partial charge in [0.25, 0.3) is 5.91 Å². The van der Waals surface area contributed by atoms with Gasteiger partial charge in [-0.3, -0.25) is 9.69 Å². The van der Waals surface area contributed by atoms with Gasteiger partial charge >= 0.3 is 0 Å². The zero-order valence-corrected chi connectivity index (χ0v) is 17.1. The van der Waals surface area contributed by atoms with Crippen LogP contribution in [0, 0.1) is 0 Å². The van der Waals surface area contributed by atoms with Crippen LogP contribution in [0.2, 0.25) is 0 Å². The van der Waals surface area contributed by atoms with Crippen LogP contribution >= 0.6 is 0 Å². The lowest BCUT2D eigenvalue weighted by atomic mass is 10.1. The average molecular weight is 406 g/mol. The number of pyridine rings is 1. The molecule has 3 aromatic rings. The number of nitrogens with zero attached hydrogens (tertiary/aromatic N) is 2. The molecule has 0 bridgehead atoms. The molecule has 30 heavy (non-hydrogen) atoms. The molecule has 2 N–H and O–H groups in total. The van der Waals surface area contributed by atoms with Gasteiger partial charge in [0.2, 0.25) is 0 Å². The number of nitrogens with one attached hydrogen (secondary N) is 2. The molecule has 1 aromatic heterocycles. The summed E-state index contributed by atoms with van der Waals surface area (Å²) in [4.78, 5) is 19.7. The zero-order chi connectivity index (χ0) is 20.8. The number of morpholine rings is 1. The van der Waals surface area contributed by atoms with E-state index in [1.165, 1.54) is 0 Å². The first kappa shape index (κ1) is 20.1. The molecule has 2 heterocycles. The van der Waals surface area contributed by atoms with Crippen molar-refractivity contribution in [3.63, 3.8) is 0 Å². The lowest BCUT2D eigenvalue weighted by Gasteiger charge is -2.26. The van der Waals surface area contributed by atoms with Crippen LogP contribution < -0.4 is 15.4 Å². The molecule has 0 radical (unpaired) electrons. The van der Waals surface area contributed by atoms with E-state index in [0.29, 0.717) is 17.9 Å². The van der Waals surface area contributed by atoms with Gasteiger partial charge in [-0.2, -0.15) is 0 Å². The number of methoxy groups -OCH3 is 1. The predicted molar refractivity (Wildman–Crippen MR) is 118 cm³/mol. The lowest BCUT2D eigenvalue weighted by Crippen LogP contribution is -2.41. The minimum absolute atomic E-state index is 0.115. The van der Waals surface area contributed by atoms with Crippen LogP contribution in [0.25, 0.3) is 10.8 Å². The Morgan fingerprint density at radius 2 is 1.83 bits per heavy atom. The highest BCUT2D eigenvalue weighted by molar-refractivity contribution is 6.09. The van der Waals surface area contributed by atoms with Gasteiger partial charge in [0.1, 0.15) is 11.6 Å².